The van der Waals surface area contributed by atoms with Gasteiger partial charge in [-0.05, 0) is 61.5 Å². The van der Waals surface area contributed by atoms with Gasteiger partial charge in [0, 0.05) is 11.3 Å². The van der Waals surface area contributed by atoms with E-state index in [1.165, 1.54) is 18.2 Å². The van der Waals surface area contributed by atoms with Crippen LogP contribution in [-0.4, -0.2) is 17.5 Å². The summed E-state index contributed by atoms with van der Waals surface area (Å²) >= 11 is 6.09. The van der Waals surface area contributed by atoms with Gasteiger partial charge in [0.2, 0.25) is 5.89 Å². The third-order valence-electron chi connectivity index (χ3n) is 4.21. The van der Waals surface area contributed by atoms with Crippen LogP contribution >= 0.6 is 11.6 Å². The molecule has 0 aliphatic heterocycles. The van der Waals surface area contributed by atoms with Crippen molar-refractivity contribution in [2.24, 2.45) is 0 Å². The van der Waals surface area contributed by atoms with Gasteiger partial charge >= 0.3 is 0 Å². The largest absolute Gasteiger partial charge is 0.494 e. The summed E-state index contributed by atoms with van der Waals surface area (Å²) in [4.78, 5) is 17.0. The van der Waals surface area contributed by atoms with Crippen LogP contribution in [-0.2, 0) is 0 Å². The number of oxazole rings is 1. The first kappa shape index (κ1) is 19.0. The number of amides is 1. The average molecular weight is 411 g/mol. The molecule has 0 radical (unpaired) electrons. The molecule has 0 fully saturated rings. The summed E-state index contributed by atoms with van der Waals surface area (Å²) < 4.78 is 24.4. The van der Waals surface area contributed by atoms with Crippen molar-refractivity contribution in [3.05, 3.63) is 77.1 Å². The molecule has 4 aromatic rings. The molecule has 5 nitrogen and oxygen atoms in total. The smallest absolute Gasteiger partial charge is 0.255 e. The molecule has 0 unspecified atom stereocenters. The van der Waals surface area contributed by atoms with Gasteiger partial charge in [-0.3, -0.25) is 4.79 Å². The van der Waals surface area contributed by atoms with Crippen LogP contribution in [0.3, 0.4) is 0 Å². The molecular formula is C22H16ClFN2O3. The van der Waals surface area contributed by atoms with Gasteiger partial charge in [0.25, 0.3) is 5.91 Å². The van der Waals surface area contributed by atoms with Gasteiger partial charge in [-0.1, -0.05) is 17.7 Å². The monoisotopic (exact) mass is 410 g/mol. The van der Waals surface area contributed by atoms with Crippen LogP contribution in [0.4, 0.5) is 10.1 Å². The molecular weight excluding hydrogens is 395 g/mol. The molecule has 7 heteroatoms. The first-order chi connectivity index (χ1) is 14.0. The molecule has 4 rings (SSSR count). The van der Waals surface area contributed by atoms with E-state index in [2.05, 4.69) is 10.3 Å². The van der Waals surface area contributed by atoms with Crippen LogP contribution in [0.25, 0.3) is 22.6 Å². The standard InChI is InChI=1S/C22H16ClFN2O3/c1-2-28-16-5-3-4-13(10-16)21(27)25-15-7-9-20-19(12-15)26-22(29-20)17-8-6-14(24)11-18(17)23/h3-12H,2H2,1H3,(H,25,27). The van der Waals surface area contributed by atoms with Crippen molar-refractivity contribution in [2.75, 3.05) is 11.9 Å². The lowest BCUT2D eigenvalue weighted by atomic mass is 10.2. The van der Waals surface area contributed by atoms with Crippen LogP contribution in [0, 0.1) is 5.82 Å². The van der Waals surface area contributed by atoms with Crippen molar-refractivity contribution in [2.45, 2.75) is 6.92 Å². The fourth-order valence-electron chi connectivity index (χ4n) is 2.88. The van der Waals surface area contributed by atoms with Gasteiger partial charge in [0.05, 0.1) is 17.2 Å². The Balaban J connectivity index is 1.59. The summed E-state index contributed by atoms with van der Waals surface area (Å²) in [5.41, 5.74) is 2.60. The zero-order valence-electron chi connectivity index (χ0n) is 15.4. The highest BCUT2D eigenvalue weighted by Gasteiger charge is 2.14. The maximum absolute atomic E-state index is 13.3. The summed E-state index contributed by atoms with van der Waals surface area (Å²) in [6.45, 7) is 2.40. The number of ether oxygens (including phenoxy) is 1. The quantitative estimate of drug-likeness (QED) is 0.442. The Labute approximate surface area is 171 Å². The van der Waals surface area contributed by atoms with E-state index in [4.69, 9.17) is 20.8 Å². The number of carbonyl (C=O) groups excluding carboxylic acids is 1. The fourth-order valence-corrected chi connectivity index (χ4v) is 3.13. The van der Waals surface area contributed by atoms with Gasteiger partial charge in [0.1, 0.15) is 17.1 Å². The van der Waals surface area contributed by atoms with E-state index < -0.39 is 5.82 Å². The lowest BCUT2D eigenvalue weighted by molar-refractivity contribution is 0.102. The third kappa shape index (κ3) is 4.07. The Morgan fingerprint density at radius 1 is 1.17 bits per heavy atom. The maximum Gasteiger partial charge on any atom is 0.255 e. The van der Waals surface area contributed by atoms with E-state index in [-0.39, 0.29) is 16.8 Å². The number of carbonyl (C=O) groups is 1. The van der Waals surface area contributed by atoms with Gasteiger partial charge in [-0.15, -0.1) is 0 Å². The number of rotatable bonds is 5. The molecule has 1 aromatic heterocycles. The SMILES string of the molecule is CCOc1cccc(C(=O)Nc2ccc3oc(-c4ccc(F)cc4Cl)nc3c2)c1. The van der Waals surface area contributed by atoms with Crippen LogP contribution in [0.2, 0.25) is 5.02 Å². The molecule has 0 aliphatic carbocycles. The van der Waals surface area contributed by atoms with Crippen molar-refractivity contribution in [3.63, 3.8) is 0 Å². The summed E-state index contributed by atoms with van der Waals surface area (Å²) in [6.07, 6.45) is 0. The number of hydrogen-bond donors (Lipinski definition) is 1. The highest BCUT2D eigenvalue weighted by molar-refractivity contribution is 6.33. The maximum atomic E-state index is 13.3. The molecule has 146 valence electrons. The molecule has 29 heavy (non-hydrogen) atoms. The van der Waals surface area contributed by atoms with Crippen molar-refractivity contribution >= 4 is 34.3 Å². The minimum Gasteiger partial charge on any atom is -0.494 e. The number of benzene rings is 3. The predicted octanol–water partition coefficient (Wildman–Crippen LogP) is 5.94. The lowest BCUT2D eigenvalue weighted by Gasteiger charge is -2.07. The number of halogens is 2. The van der Waals surface area contributed by atoms with Crippen molar-refractivity contribution in [1.82, 2.24) is 4.98 Å². The average Bonchev–Trinajstić information content (AvgIpc) is 3.11. The first-order valence-electron chi connectivity index (χ1n) is 8.93. The van der Waals surface area contributed by atoms with E-state index in [0.29, 0.717) is 40.3 Å². The number of fused-ring (bicyclic) bond motifs is 1. The summed E-state index contributed by atoms with van der Waals surface area (Å²) in [6, 6.07) is 16.1. The predicted molar refractivity (Wildman–Crippen MR) is 110 cm³/mol. The minimum absolute atomic E-state index is 0.208. The van der Waals surface area contributed by atoms with Crippen LogP contribution in [0.5, 0.6) is 5.75 Å². The highest BCUT2D eigenvalue weighted by atomic mass is 35.5. The molecule has 1 N–H and O–H groups in total. The molecule has 1 heterocycles. The second kappa shape index (κ2) is 7.93. The molecule has 1 amide bonds. The molecule has 0 spiro atoms. The van der Waals surface area contributed by atoms with Crippen molar-refractivity contribution < 1.29 is 18.3 Å². The van der Waals surface area contributed by atoms with Crippen LogP contribution < -0.4 is 10.1 Å². The molecule has 3 aromatic carbocycles. The molecule has 0 saturated carbocycles. The summed E-state index contributed by atoms with van der Waals surface area (Å²) in [5, 5.41) is 3.04. The normalized spacial score (nSPS) is 10.9. The van der Waals surface area contributed by atoms with Gasteiger partial charge in [-0.2, -0.15) is 0 Å². The van der Waals surface area contributed by atoms with Gasteiger partial charge in [0.15, 0.2) is 5.58 Å². The lowest BCUT2D eigenvalue weighted by Crippen LogP contribution is -2.11. The Morgan fingerprint density at radius 2 is 2.03 bits per heavy atom. The molecule has 0 bridgehead atoms. The van der Waals surface area contributed by atoms with E-state index >= 15 is 0 Å². The third-order valence-corrected chi connectivity index (χ3v) is 4.53. The van der Waals surface area contributed by atoms with E-state index in [1.54, 1.807) is 42.5 Å². The van der Waals surface area contributed by atoms with Crippen LogP contribution in [0.1, 0.15) is 17.3 Å². The number of nitrogens with one attached hydrogen (secondary N) is 1. The number of hydrogen-bond acceptors (Lipinski definition) is 4. The Kier molecular flexibility index (Phi) is 5.18. The van der Waals surface area contributed by atoms with Crippen molar-refractivity contribution in [1.29, 1.82) is 0 Å². The Bertz CT molecular complexity index is 1210. The van der Waals surface area contributed by atoms with Gasteiger partial charge < -0.3 is 14.5 Å². The topological polar surface area (TPSA) is 64.4 Å². The fraction of sp³-hybridized carbons (Fsp3) is 0.0909. The molecule has 0 atom stereocenters. The second-order valence-corrected chi connectivity index (χ2v) is 6.65. The van der Waals surface area contributed by atoms with Gasteiger partial charge in [-0.25, -0.2) is 9.37 Å². The summed E-state index contributed by atoms with van der Waals surface area (Å²) in [5.74, 6) is 0.204. The number of aromatic nitrogens is 1. The summed E-state index contributed by atoms with van der Waals surface area (Å²) in [7, 11) is 0. The zero-order chi connectivity index (χ0) is 20.4. The van der Waals surface area contributed by atoms with E-state index in [0.717, 1.165) is 0 Å². The Hall–Kier alpha value is -3.38. The minimum atomic E-state index is -0.437. The van der Waals surface area contributed by atoms with Crippen LogP contribution in [0.15, 0.2) is 65.1 Å². The molecule has 0 aliphatic rings. The zero-order valence-corrected chi connectivity index (χ0v) is 16.2. The van der Waals surface area contributed by atoms with E-state index in [9.17, 15) is 9.18 Å². The highest BCUT2D eigenvalue weighted by Crippen LogP contribution is 2.31. The first-order valence-corrected chi connectivity index (χ1v) is 9.31. The molecule has 0 saturated heterocycles. The van der Waals surface area contributed by atoms with Crippen molar-refractivity contribution in [3.8, 4) is 17.2 Å². The number of nitrogens with zero attached hydrogens (tertiary/aromatic N) is 1. The Morgan fingerprint density at radius 3 is 2.83 bits per heavy atom. The van der Waals surface area contributed by atoms with E-state index in [1.807, 2.05) is 6.92 Å². The number of anilines is 1. The second-order valence-electron chi connectivity index (χ2n) is 6.24.